The summed E-state index contributed by atoms with van der Waals surface area (Å²) in [6.45, 7) is 1.29. The van der Waals surface area contributed by atoms with Gasteiger partial charge in [0.15, 0.2) is 11.6 Å². The van der Waals surface area contributed by atoms with Gasteiger partial charge in [0, 0.05) is 55.2 Å². The van der Waals surface area contributed by atoms with Gasteiger partial charge >= 0.3 is 0 Å². The van der Waals surface area contributed by atoms with Gasteiger partial charge in [0.1, 0.15) is 11.5 Å². The van der Waals surface area contributed by atoms with Crippen LogP contribution < -0.4 is 22.1 Å². The zero-order valence-corrected chi connectivity index (χ0v) is 16.9. The molecule has 0 unspecified atom stereocenters. The van der Waals surface area contributed by atoms with Crippen molar-refractivity contribution in [2.75, 3.05) is 23.7 Å². The van der Waals surface area contributed by atoms with E-state index in [2.05, 4.69) is 19.9 Å². The van der Waals surface area contributed by atoms with E-state index >= 15 is 0 Å². The Labute approximate surface area is 179 Å². The van der Waals surface area contributed by atoms with Gasteiger partial charge in [-0.3, -0.25) is 9.78 Å². The zero-order valence-electron chi connectivity index (χ0n) is 16.9. The number of carbonyl (C=O) groups is 1. The van der Waals surface area contributed by atoms with Gasteiger partial charge < -0.3 is 22.1 Å². The smallest absolute Gasteiger partial charge is 0.187 e. The number of piperidine rings is 1. The number of pyridine rings is 1. The molecule has 1 fully saturated rings. The van der Waals surface area contributed by atoms with E-state index in [-0.39, 0.29) is 47.1 Å². The summed E-state index contributed by atoms with van der Waals surface area (Å²) >= 11 is 0. The quantitative estimate of drug-likeness (QED) is 0.528. The van der Waals surface area contributed by atoms with Crippen molar-refractivity contribution >= 4 is 17.2 Å². The van der Waals surface area contributed by atoms with E-state index in [1.54, 1.807) is 30.6 Å². The van der Waals surface area contributed by atoms with Crippen LogP contribution in [0, 0.1) is 5.82 Å². The first-order valence-electron chi connectivity index (χ1n) is 10.0. The van der Waals surface area contributed by atoms with Crippen LogP contribution in [0.5, 0.6) is 0 Å². The van der Waals surface area contributed by atoms with Crippen molar-refractivity contribution in [1.82, 2.24) is 15.0 Å². The van der Waals surface area contributed by atoms with E-state index < -0.39 is 5.82 Å². The van der Waals surface area contributed by atoms with Crippen molar-refractivity contribution in [1.29, 1.82) is 0 Å². The van der Waals surface area contributed by atoms with Gasteiger partial charge in [-0.2, -0.15) is 0 Å². The molecule has 0 spiro atoms. The molecule has 0 saturated carbocycles. The molecule has 1 aliphatic rings. The number of rotatable bonds is 5. The maximum atomic E-state index is 14.1. The fraction of sp³-hybridized carbons (Fsp3) is 0.273. The molecule has 0 aliphatic carbocycles. The number of benzene rings is 1. The van der Waals surface area contributed by atoms with E-state index in [4.69, 9.17) is 17.2 Å². The van der Waals surface area contributed by atoms with Gasteiger partial charge in [0.05, 0.1) is 17.4 Å². The summed E-state index contributed by atoms with van der Waals surface area (Å²) in [5, 5.41) is 0. The van der Waals surface area contributed by atoms with Crippen molar-refractivity contribution in [2.24, 2.45) is 11.5 Å². The van der Waals surface area contributed by atoms with Crippen LogP contribution in [0.4, 0.5) is 15.8 Å². The summed E-state index contributed by atoms with van der Waals surface area (Å²) in [6.07, 6.45) is 5.43. The molecular weight excluding hydrogens is 397 g/mol. The third-order valence-electron chi connectivity index (χ3n) is 5.28. The largest absolute Gasteiger partial charge is 0.396 e. The number of anilines is 2. The molecule has 0 radical (unpaired) electrons. The molecule has 160 valence electrons. The molecule has 8 nitrogen and oxygen atoms in total. The average molecular weight is 421 g/mol. The molecule has 1 aromatic carbocycles. The number of nitrogens with zero attached hydrogens (tertiary/aromatic N) is 4. The second kappa shape index (κ2) is 8.75. The third kappa shape index (κ3) is 4.52. The maximum absolute atomic E-state index is 14.1. The van der Waals surface area contributed by atoms with Crippen molar-refractivity contribution in [3.05, 3.63) is 66.0 Å². The number of ketones is 1. The van der Waals surface area contributed by atoms with E-state index in [0.29, 0.717) is 13.1 Å². The Balaban J connectivity index is 1.63. The van der Waals surface area contributed by atoms with Gasteiger partial charge in [-0.1, -0.05) is 12.1 Å². The SMILES string of the molecule is Nc1cnc(-c2ccccc2F)nc1C(=O)Cc1cnccc1N1C[C@H](N)C[C@H](N)C1. The fourth-order valence-corrected chi connectivity index (χ4v) is 3.88. The molecular formula is C22H24FN7O. The highest BCUT2D eigenvalue weighted by Gasteiger charge is 2.25. The Morgan fingerprint density at radius 1 is 1.13 bits per heavy atom. The second-order valence-corrected chi connectivity index (χ2v) is 7.74. The topological polar surface area (TPSA) is 137 Å². The van der Waals surface area contributed by atoms with Crippen LogP contribution in [-0.4, -0.2) is 45.9 Å². The van der Waals surface area contributed by atoms with Gasteiger partial charge in [0.25, 0.3) is 0 Å². The first kappa shape index (κ1) is 20.8. The average Bonchev–Trinajstić information content (AvgIpc) is 2.74. The summed E-state index contributed by atoms with van der Waals surface area (Å²) in [6, 6.07) is 7.88. The van der Waals surface area contributed by atoms with Crippen LogP contribution in [0.25, 0.3) is 11.4 Å². The molecule has 0 amide bonds. The Morgan fingerprint density at radius 2 is 1.87 bits per heavy atom. The minimum absolute atomic E-state index is 0.0298. The molecule has 0 bridgehead atoms. The third-order valence-corrected chi connectivity index (χ3v) is 5.28. The predicted octanol–water partition coefficient (Wildman–Crippen LogP) is 1.55. The summed E-state index contributed by atoms with van der Waals surface area (Å²) < 4.78 is 14.1. The molecule has 3 aromatic rings. The Hall–Kier alpha value is -3.43. The van der Waals surface area contributed by atoms with Crippen LogP contribution in [0.1, 0.15) is 22.5 Å². The first-order chi connectivity index (χ1) is 14.9. The normalized spacial score (nSPS) is 18.7. The monoisotopic (exact) mass is 421 g/mol. The van der Waals surface area contributed by atoms with Crippen LogP contribution >= 0.6 is 0 Å². The van der Waals surface area contributed by atoms with Crippen molar-refractivity contribution in [3.63, 3.8) is 0 Å². The predicted molar refractivity (Wildman–Crippen MR) is 117 cm³/mol. The molecule has 6 N–H and O–H groups in total. The van der Waals surface area contributed by atoms with Crippen LogP contribution in [0.15, 0.2) is 48.9 Å². The standard InChI is InChI=1S/C22H24FN7O/c23-17-4-2-1-3-16(17)22-28-10-18(26)21(29-22)20(31)7-13-9-27-6-5-19(13)30-11-14(24)8-15(25)12-30/h1-6,9-10,14-15H,7-8,11-12,24-26H2/t14-,15+. The summed E-state index contributed by atoms with van der Waals surface area (Å²) in [5.74, 6) is -0.676. The highest BCUT2D eigenvalue weighted by atomic mass is 19.1. The Kier molecular flexibility index (Phi) is 5.88. The number of nitrogens with two attached hydrogens (primary N) is 3. The number of aromatic nitrogens is 3. The zero-order chi connectivity index (χ0) is 22.0. The minimum Gasteiger partial charge on any atom is -0.396 e. The molecule has 1 aliphatic heterocycles. The van der Waals surface area contributed by atoms with Gasteiger partial charge in [-0.05, 0) is 24.6 Å². The Morgan fingerprint density at radius 3 is 2.61 bits per heavy atom. The fourth-order valence-electron chi connectivity index (χ4n) is 3.88. The second-order valence-electron chi connectivity index (χ2n) is 7.74. The van der Waals surface area contributed by atoms with Gasteiger partial charge in [0.2, 0.25) is 0 Å². The first-order valence-corrected chi connectivity index (χ1v) is 10.0. The lowest BCUT2D eigenvalue weighted by Gasteiger charge is -2.37. The minimum atomic E-state index is -0.474. The van der Waals surface area contributed by atoms with E-state index in [0.717, 1.165) is 17.7 Å². The van der Waals surface area contributed by atoms with E-state index in [1.165, 1.54) is 12.3 Å². The van der Waals surface area contributed by atoms with Gasteiger partial charge in [-0.15, -0.1) is 0 Å². The number of Topliss-reactive ketones (excluding diaryl/α,β-unsaturated/α-hetero) is 1. The lowest BCUT2D eigenvalue weighted by atomic mass is 9.99. The highest BCUT2D eigenvalue weighted by molar-refractivity contribution is 6.00. The number of hydrogen-bond donors (Lipinski definition) is 3. The highest BCUT2D eigenvalue weighted by Crippen LogP contribution is 2.26. The van der Waals surface area contributed by atoms with Crippen LogP contribution in [-0.2, 0) is 6.42 Å². The number of nitrogen functional groups attached to an aromatic ring is 1. The molecule has 1 saturated heterocycles. The molecule has 2 atom stereocenters. The molecule has 3 heterocycles. The van der Waals surface area contributed by atoms with Crippen molar-refractivity contribution in [3.8, 4) is 11.4 Å². The number of halogens is 1. The number of carbonyl (C=O) groups excluding carboxylic acids is 1. The summed E-state index contributed by atoms with van der Waals surface area (Å²) in [7, 11) is 0. The lowest BCUT2D eigenvalue weighted by Crippen LogP contribution is -2.52. The molecule has 2 aromatic heterocycles. The van der Waals surface area contributed by atoms with Crippen LogP contribution in [0.3, 0.4) is 0 Å². The lowest BCUT2D eigenvalue weighted by molar-refractivity contribution is 0.0989. The van der Waals surface area contributed by atoms with Crippen LogP contribution in [0.2, 0.25) is 0 Å². The van der Waals surface area contributed by atoms with Crippen molar-refractivity contribution in [2.45, 2.75) is 24.9 Å². The Bertz CT molecular complexity index is 1100. The molecule has 31 heavy (non-hydrogen) atoms. The van der Waals surface area contributed by atoms with Gasteiger partial charge in [-0.25, -0.2) is 14.4 Å². The van der Waals surface area contributed by atoms with E-state index in [1.807, 2.05) is 6.07 Å². The van der Waals surface area contributed by atoms with Crippen molar-refractivity contribution < 1.29 is 9.18 Å². The van der Waals surface area contributed by atoms with E-state index in [9.17, 15) is 9.18 Å². The summed E-state index contributed by atoms with van der Waals surface area (Å²) in [5.41, 5.74) is 20.2. The summed E-state index contributed by atoms with van der Waals surface area (Å²) in [4.78, 5) is 27.7. The molecule has 4 rings (SSSR count). The molecule has 9 heteroatoms. The maximum Gasteiger partial charge on any atom is 0.187 e. The number of hydrogen-bond acceptors (Lipinski definition) is 8.